The number of azo groups is 1. The number of pyridine rings is 1. The van der Waals surface area contributed by atoms with Crippen LogP contribution in [0.1, 0.15) is 29.3 Å². The van der Waals surface area contributed by atoms with Gasteiger partial charge in [-0.3, -0.25) is 9.35 Å². The first kappa shape index (κ1) is 21.6. The van der Waals surface area contributed by atoms with Crippen molar-refractivity contribution < 1.29 is 22.5 Å². The molecule has 9 nitrogen and oxygen atoms in total. The molecule has 2 N–H and O–H groups in total. The Balaban J connectivity index is 1.92. The van der Waals surface area contributed by atoms with Crippen LogP contribution in [0.2, 0.25) is 0 Å². The second-order valence-electron chi connectivity index (χ2n) is 5.69. The second-order valence-corrected chi connectivity index (χ2v) is 7.08. The summed E-state index contributed by atoms with van der Waals surface area (Å²) in [6, 6.07) is 9.08. The Bertz CT molecular complexity index is 914. The van der Waals surface area contributed by atoms with Crippen molar-refractivity contribution in [2.75, 3.05) is 19.8 Å². The molecule has 0 atom stereocenters. The van der Waals surface area contributed by atoms with Crippen molar-refractivity contribution in [2.24, 2.45) is 10.2 Å². The predicted molar refractivity (Wildman–Crippen MR) is 102 cm³/mol. The minimum Gasteiger partial charge on any atom is -0.382 e. The van der Waals surface area contributed by atoms with Gasteiger partial charge in [-0.25, -0.2) is 4.98 Å². The van der Waals surface area contributed by atoms with E-state index in [1.54, 1.807) is 12.1 Å². The Morgan fingerprint density at radius 3 is 2.71 bits per heavy atom. The number of benzene rings is 1. The predicted octanol–water partition coefficient (Wildman–Crippen LogP) is 2.77. The quantitative estimate of drug-likeness (QED) is 0.354. The van der Waals surface area contributed by atoms with Gasteiger partial charge in [-0.1, -0.05) is 18.2 Å². The number of aromatic nitrogens is 1. The molecular weight excluding hydrogens is 384 g/mol. The van der Waals surface area contributed by atoms with Crippen LogP contribution in [0.25, 0.3) is 0 Å². The van der Waals surface area contributed by atoms with Gasteiger partial charge in [0.2, 0.25) is 0 Å². The highest BCUT2D eigenvalue weighted by molar-refractivity contribution is 7.85. The summed E-state index contributed by atoms with van der Waals surface area (Å²) in [5.74, 6) is 0.0341. The molecule has 1 aromatic heterocycles. The molecule has 0 aliphatic carbocycles. The van der Waals surface area contributed by atoms with Crippen molar-refractivity contribution in [3.05, 3.63) is 53.7 Å². The van der Waals surface area contributed by atoms with Crippen LogP contribution in [0.4, 0.5) is 5.82 Å². The SMILES string of the molecule is CCOCCCNC(=O)c1ccc(N=NCc2ccccc2S(=O)(=O)O)nc1. The number of rotatable bonds is 10. The monoisotopic (exact) mass is 406 g/mol. The van der Waals surface area contributed by atoms with Crippen molar-refractivity contribution in [3.8, 4) is 0 Å². The smallest absolute Gasteiger partial charge is 0.294 e. The standard InChI is InChI=1S/C18H22N4O5S/c1-2-27-11-5-10-19-18(23)15-8-9-17(20-12-15)22-21-13-14-6-3-4-7-16(14)28(24,25)26/h3-4,6-9,12H,2,5,10-11,13H2,1H3,(H,19,23)(H,24,25,26). The maximum absolute atomic E-state index is 12.0. The lowest BCUT2D eigenvalue weighted by atomic mass is 10.2. The highest BCUT2D eigenvalue weighted by atomic mass is 32.2. The van der Waals surface area contributed by atoms with Gasteiger partial charge in [0.05, 0.1) is 17.0 Å². The molecule has 0 aliphatic rings. The van der Waals surface area contributed by atoms with Gasteiger partial charge in [-0.15, -0.1) is 5.11 Å². The van der Waals surface area contributed by atoms with Gasteiger partial charge < -0.3 is 10.1 Å². The van der Waals surface area contributed by atoms with Gasteiger partial charge in [0, 0.05) is 26.0 Å². The molecule has 0 unspecified atom stereocenters. The van der Waals surface area contributed by atoms with Crippen LogP contribution >= 0.6 is 0 Å². The van der Waals surface area contributed by atoms with Gasteiger partial charge in [-0.05, 0) is 37.1 Å². The number of ether oxygens (including phenoxy) is 1. The van der Waals surface area contributed by atoms with E-state index in [0.717, 1.165) is 6.42 Å². The lowest BCUT2D eigenvalue weighted by Gasteiger charge is -2.05. The van der Waals surface area contributed by atoms with Gasteiger partial charge in [-0.2, -0.15) is 13.5 Å². The first-order valence-corrected chi connectivity index (χ1v) is 10.1. The first-order chi connectivity index (χ1) is 13.4. The van der Waals surface area contributed by atoms with Crippen LogP contribution in [0, 0.1) is 0 Å². The summed E-state index contributed by atoms with van der Waals surface area (Å²) in [6.07, 6.45) is 2.11. The van der Waals surface area contributed by atoms with E-state index in [9.17, 15) is 17.8 Å². The summed E-state index contributed by atoms with van der Waals surface area (Å²) in [7, 11) is -4.33. The number of hydrogen-bond donors (Lipinski definition) is 2. The van der Waals surface area contributed by atoms with Crippen LogP contribution in [-0.4, -0.2) is 43.6 Å². The zero-order chi connectivity index (χ0) is 20.4. The molecule has 1 amide bonds. The van der Waals surface area contributed by atoms with Gasteiger partial charge >= 0.3 is 0 Å². The molecule has 0 radical (unpaired) electrons. The molecular formula is C18H22N4O5S. The topological polar surface area (TPSA) is 130 Å². The second kappa shape index (κ2) is 10.6. The fraction of sp³-hybridized carbons (Fsp3) is 0.333. The Morgan fingerprint density at radius 2 is 2.04 bits per heavy atom. The van der Waals surface area contributed by atoms with Crippen molar-refractivity contribution in [1.29, 1.82) is 0 Å². The van der Waals surface area contributed by atoms with Gasteiger partial charge in [0.1, 0.15) is 0 Å². The summed E-state index contributed by atoms with van der Waals surface area (Å²) in [4.78, 5) is 15.8. The number of amides is 1. The van der Waals surface area contributed by atoms with E-state index >= 15 is 0 Å². The average Bonchev–Trinajstić information content (AvgIpc) is 2.68. The molecule has 0 fully saturated rings. The van der Waals surface area contributed by atoms with Crippen LogP contribution in [0.5, 0.6) is 0 Å². The third-order valence-electron chi connectivity index (χ3n) is 3.63. The molecule has 0 bridgehead atoms. The molecule has 0 saturated heterocycles. The summed E-state index contributed by atoms with van der Waals surface area (Å²) >= 11 is 0. The summed E-state index contributed by atoms with van der Waals surface area (Å²) in [6.45, 7) is 3.62. The summed E-state index contributed by atoms with van der Waals surface area (Å²) < 4.78 is 37.1. The average molecular weight is 406 g/mol. The highest BCUT2D eigenvalue weighted by Crippen LogP contribution is 2.17. The molecule has 10 heteroatoms. The third-order valence-corrected chi connectivity index (χ3v) is 4.58. The fourth-order valence-corrected chi connectivity index (χ4v) is 2.99. The largest absolute Gasteiger partial charge is 0.382 e. The van der Waals surface area contributed by atoms with Crippen LogP contribution in [0.15, 0.2) is 57.7 Å². The van der Waals surface area contributed by atoms with Crippen molar-refractivity contribution in [1.82, 2.24) is 10.3 Å². The Hall–Kier alpha value is -2.69. The van der Waals surface area contributed by atoms with Crippen LogP contribution in [0.3, 0.4) is 0 Å². The third kappa shape index (κ3) is 6.80. The zero-order valence-electron chi connectivity index (χ0n) is 15.4. The van der Waals surface area contributed by atoms with Crippen molar-refractivity contribution in [3.63, 3.8) is 0 Å². The zero-order valence-corrected chi connectivity index (χ0v) is 16.2. The van der Waals surface area contributed by atoms with E-state index in [1.165, 1.54) is 30.5 Å². The van der Waals surface area contributed by atoms with E-state index in [0.29, 0.717) is 30.9 Å². The van der Waals surface area contributed by atoms with E-state index in [4.69, 9.17) is 4.74 Å². The number of hydrogen-bond acceptors (Lipinski definition) is 7. The molecule has 28 heavy (non-hydrogen) atoms. The summed E-state index contributed by atoms with van der Waals surface area (Å²) in [5, 5.41) is 10.6. The number of carbonyl (C=O) groups excluding carboxylic acids is 1. The Labute approximate surface area is 163 Å². The molecule has 1 heterocycles. The summed E-state index contributed by atoms with van der Waals surface area (Å²) in [5.41, 5.74) is 0.712. The van der Waals surface area contributed by atoms with Crippen molar-refractivity contribution in [2.45, 2.75) is 24.8 Å². The maximum atomic E-state index is 12.0. The molecule has 0 saturated carbocycles. The van der Waals surface area contributed by atoms with Crippen LogP contribution < -0.4 is 5.32 Å². The number of carbonyl (C=O) groups is 1. The maximum Gasteiger partial charge on any atom is 0.294 e. The van der Waals surface area contributed by atoms with E-state index < -0.39 is 10.1 Å². The molecule has 1 aromatic carbocycles. The van der Waals surface area contributed by atoms with E-state index in [1.807, 2.05) is 6.92 Å². The number of nitrogens with one attached hydrogen (secondary N) is 1. The normalized spacial score (nSPS) is 11.6. The molecule has 150 valence electrons. The van der Waals surface area contributed by atoms with Crippen LogP contribution in [-0.2, 0) is 21.4 Å². The lowest BCUT2D eigenvalue weighted by molar-refractivity contribution is 0.0944. The molecule has 0 aliphatic heterocycles. The van der Waals surface area contributed by atoms with E-state index in [-0.39, 0.29) is 23.2 Å². The van der Waals surface area contributed by atoms with E-state index in [2.05, 4.69) is 20.5 Å². The lowest BCUT2D eigenvalue weighted by Crippen LogP contribution is -2.25. The highest BCUT2D eigenvalue weighted by Gasteiger charge is 2.14. The minimum absolute atomic E-state index is 0.0420. The fourth-order valence-electron chi connectivity index (χ4n) is 2.27. The van der Waals surface area contributed by atoms with Gasteiger partial charge in [0.25, 0.3) is 16.0 Å². The first-order valence-electron chi connectivity index (χ1n) is 8.66. The molecule has 2 aromatic rings. The van der Waals surface area contributed by atoms with Crippen molar-refractivity contribution >= 4 is 21.8 Å². The number of nitrogens with zero attached hydrogens (tertiary/aromatic N) is 3. The molecule has 0 spiro atoms. The molecule has 2 rings (SSSR count). The Morgan fingerprint density at radius 1 is 1.25 bits per heavy atom. The Kier molecular flexibility index (Phi) is 8.18. The van der Waals surface area contributed by atoms with Gasteiger partial charge in [0.15, 0.2) is 5.82 Å². The minimum atomic E-state index is -4.33.